The number of rotatable bonds is 4. The molecule has 1 aliphatic rings. The lowest BCUT2D eigenvalue weighted by molar-refractivity contribution is -0.137. The van der Waals surface area contributed by atoms with Crippen LogP contribution in [-0.2, 0) is 9.59 Å². The molecule has 0 fully saturated rings. The van der Waals surface area contributed by atoms with Gasteiger partial charge in [-0.15, -0.1) is 0 Å². The first-order chi connectivity index (χ1) is 9.72. The Hall–Kier alpha value is -2.08. The summed E-state index contributed by atoms with van der Waals surface area (Å²) in [6, 6.07) is 5.23. The molecule has 0 radical (unpaired) electrons. The van der Waals surface area contributed by atoms with E-state index in [0.29, 0.717) is 11.4 Å². The number of benzene rings is 1. The van der Waals surface area contributed by atoms with Crippen molar-refractivity contribution in [1.82, 2.24) is 0 Å². The van der Waals surface area contributed by atoms with Crippen LogP contribution in [0, 0.1) is 0 Å². The van der Waals surface area contributed by atoms with Crippen LogP contribution in [0.4, 0.5) is 5.69 Å². The maximum atomic E-state index is 12.5. The summed E-state index contributed by atoms with van der Waals surface area (Å²) in [5.41, 5.74) is 6.30. The van der Waals surface area contributed by atoms with Crippen molar-refractivity contribution in [2.45, 2.75) is 38.8 Å². The first-order valence-corrected chi connectivity index (χ1v) is 6.84. The molecule has 6 nitrogen and oxygen atoms in total. The summed E-state index contributed by atoms with van der Waals surface area (Å²) in [5.74, 6) is -0.635. The molecule has 0 spiro atoms. The second-order valence-electron chi connectivity index (χ2n) is 5.73. The molecule has 0 bridgehead atoms. The number of ether oxygens (including phenoxy) is 1. The Morgan fingerprint density at radius 3 is 2.71 bits per heavy atom. The maximum absolute atomic E-state index is 12.5. The number of carboxylic acids is 1. The van der Waals surface area contributed by atoms with Gasteiger partial charge in [-0.2, -0.15) is 0 Å². The topological polar surface area (TPSA) is 92.9 Å². The second kappa shape index (κ2) is 5.37. The third kappa shape index (κ3) is 3.00. The van der Waals surface area contributed by atoms with E-state index in [-0.39, 0.29) is 24.9 Å². The predicted molar refractivity (Wildman–Crippen MR) is 78.4 cm³/mol. The SMILES string of the molecule is CC(N)c1ccc2c(c1)N(CCC(=O)O)C(=O)C(C)(C)O2. The average molecular weight is 292 g/mol. The van der Waals surface area contributed by atoms with Gasteiger partial charge in [0, 0.05) is 12.6 Å². The minimum absolute atomic E-state index is 0.108. The molecule has 0 aliphatic carbocycles. The Balaban J connectivity index is 2.44. The molecule has 2 rings (SSSR count). The molecule has 0 saturated carbocycles. The number of hydrogen-bond acceptors (Lipinski definition) is 4. The van der Waals surface area contributed by atoms with Gasteiger partial charge in [-0.3, -0.25) is 9.59 Å². The first-order valence-electron chi connectivity index (χ1n) is 6.84. The molecular weight excluding hydrogens is 272 g/mol. The highest BCUT2D eigenvalue weighted by atomic mass is 16.5. The Kier molecular flexibility index (Phi) is 3.91. The van der Waals surface area contributed by atoms with E-state index >= 15 is 0 Å². The van der Waals surface area contributed by atoms with E-state index in [0.717, 1.165) is 5.56 Å². The summed E-state index contributed by atoms with van der Waals surface area (Å²) in [6.07, 6.45) is -0.121. The van der Waals surface area contributed by atoms with Gasteiger partial charge < -0.3 is 20.5 Å². The number of fused-ring (bicyclic) bond motifs is 1. The smallest absolute Gasteiger partial charge is 0.305 e. The molecule has 0 aromatic heterocycles. The van der Waals surface area contributed by atoms with Crippen molar-refractivity contribution in [3.05, 3.63) is 23.8 Å². The highest BCUT2D eigenvalue weighted by Gasteiger charge is 2.41. The van der Waals surface area contributed by atoms with Crippen LogP contribution >= 0.6 is 0 Å². The maximum Gasteiger partial charge on any atom is 0.305 e. The summed E-state index contributed by atoms with van der Waals surface area (Å²) in [6.45, 7) is 5.30. The minimum atomic E-state index is -1.01. The highest BCUT2D eigenvalue weighted by molar-refractivity contribution is 6.02. The van der Waals surface area contributed by atoms with Gasteiger partial charge >= 0.3 is 5.97 Å². The third-order valence-corrected chi connectivity index (χ3v) is 3.47. The normalized spacial score (nSPS) is 17.9. The van der Waals surface area contributed by atoms with Crippen molar-refractivity contribution in [2.75, 3.05) is 11.4 Å². The van der Waals surface area contributed by atoms with Crippen molar-refractivity contribution >= 4 is 17.6 Å². The molecule has 1 heterocycles. The quantitative estimate of drug-likeness (QED) is 0.880. The molecule has 114 valence electrons. The Morgan fingerprint density at radius 1 is 1.48 bits per heavy atom. The standard InChI is InChI=1S/C15H20N2O4/c1-9(16)10-4-5-12-11(8-10)17(7-6-13(18)19)14(20)15(2,3)21-12/h4-5,8-9H,6-7,16H2,1-3H3,(H,18,19). The van der Waals surface area contributed by atoms with E-state index in [1.54, 1.807) is 26.0 Å². The van der Waals surface area contributed by atoms with Crippen molar-refractivity contribution in [3.8, 4) is 5.75 Å². The second-order valence-corrected chi connectivity index (χ2v) is 5.73. The fraction of sp³-hybridized carbons (Fsp3) is 0.467. The van der Waals surface area contributed by atoms with E-state index in [2.05, 4.69) is 0 Å². The third-order valence-electron chi connectivity index (χ3n) is 3.47. The van der Waals surface area contributed by atoms with Crippen molar-refractivity contribution < 1.29 is 19.4 Å². The van der Waals surface area contributed by atoms with Crippen LogP contribution in [0.5, 0.6) is 5.75 Å². The number of anilines is 1. The number of nitrogens with two attached hydrogens (primary N) is 1. The number of amides is 1. The van der Waals surface area contributed by atoms with Gasteiger partial charge in [-0.1, -0.05) is 6.07 Å². The molecule has 21 heavy (non-hydrogen) atoms. The number of carbonyl (C=O) groups excluding carboxylic acids is 1. The van der Waals surface area contributed by atoms with Gasteiger partial charge in [-0.05, 0) is 38.5 Å². The molecule has 3 N–H and O–H groups in total. The van der Waals surface area contributed by atoms with Gasteiger partial charge in [0.2, 0.25) is 0 Å². The molecule has 1 amide bonds. The van der Waals surface area contributed by atoms with Crippen LogP contribution < -0.4 is 15.4 Å². The van der Waals surface area contributed by atoms with Gasteiger partial charge in [0.1, 0.15) is 5.75 Å². The Morgan fingerprint density at radius 2 is 2.14 bits per heavy atom. The van der Waals surface area contributed by atoms with E-state index in [4.69, 9.17) is 15.6 Å². The van der Waals surface area contributed by atoms with Crippen LogP contribution in [0.2, 0.25) is 0 Å². The molecule has 1 atom stereocenters. The lowest BCUT2D eigenvalue weighted by Gasteiger charge is -2.39. The lowest BCUT2D eigenvalue weighted by Crippen LogP contribution is -2.53. The zero-order valence-corrected chi connectivity index (χ0v) is 12.4. The van der Waals surface area contributed by atoms with Crippen LogP contribution in [-0.4, -0.2) is 29.1 Å². The van der Waals surface area contributed by atoms with Crippen LogP contribution in [0.15, 0.2) is 18.2 Å². The fourth-order valence-corrected chi connectivity index (χ4v) is 2.30. The zero-order valence-electron chi connectivity index (χ0n) is 12.4. The highest BCUT2D eigenvalue weighted by Crippen LogP contribution is 2.39. The van der Waals surface area contributed by atoms with Crippen LogP contribution in [0.25, 0.3) is 0 Å². The first kappa shape index (κ1) is 15.3. The van der Waals surface area contributed by atoms with Crippen molar-refractivity contribution in [3.63, 3.8) is 0 Å². The van der Waals surface area contributed by atoms with E-state index < -0.39 is 11.6 Å². The lowest BCUT2D eigenvalue weighted by atomic mass is 10.0. The zero-order chi connectivity index (χ0) is 15.8. The molecule has 0 saturated heterocycles. The van der Waals surface area contributed by atoms with Gasteiger partial charge in [0.15, 0.2) is 5.60 Å². The molecular formula is C15H20N2O4. The van der Waals surface area contributed by atoms with Crippen molar-refractivity contribution in [1.29, 1.82) is 0 Å². The number of carbonyl (C=O) groups is 2. The summed E-state index contributed by atoms with van der Waals surface area (Å²) in [5, 5.41) is 8.86. The van der Waals surface area contributed by atoms with Gasteiger partial charge in [0.25, 0.3) is 5.91 Å². The monoisotopic (exact) mass is 292 g/mol. The Bertz CT molecular complexity index is 581. The van der Waals surface area contributed by atoms with Gasteiger partial charge in [0.05, 0.1) is 12.1 Å². The van der Waals surface area contributed by atoms with E-state index in [1.165, 1.54) is 4.90 Å². The van der Waals surface area contributed by atoms with Crippen LogP contribution in [0.1, 0.15) is 38.8 Å². The number of nitrogens with zero attached hydrogens (tertiary/aromatic N) is 1. The average Bonchev–Trinajstić information content (AvgIpc) is 2.38. The predicted octanol–water partition coefficient (Wildman–Crippen LogP) is 1.69. The van der Waals surface area contributed by atoms with Crippen molar-refractivity contribution in [2.24, 2.45) is 5.73 Å². The minimum Gasteiger partial charge on any atom is -0.481 e. The number of carboxylic acid groups (broad SMARTS) is 1. The molecule has 1 unspecified atom stereocenters. The summed E-state index contributed by atoms with van der Waals surface area (Å²) >= 11 is 0. The molecule has 1 aliphatic heterocycles. The fourth-order valence-electron chi connectivity index (χ4n) is 2.30. The largest absolute Gasteiger partial charge is 0.481 e. The summed E-state index contributed by atoms with van der Waals surface area (Å²) in [7, 11) is 0. The molecule has 1 aromatic carbocycles. The summed E-state index contributed by atoms with van der Waals surface area (Å²) in [4.78, 5) is 24.8. The van der Waals surface area contributed by atoms with E-state index in [9.17, 15) is 9.59 Å². The molecule has 1 aromatic rings. The Labute approximate surface area is 123 Å². The van der Waals surface area contributed by atoms with E-state index in [1.807, 2.05) is 13.0 Å². The summed E-state index contributed by atoms with van der Waals surface area (Å²) < 4.78 is 5.72. The van der Waals surface area contributed by atoms with Crippen LogP contribution in [0.3, 0.4) is 0 Å². The molecule has 6 heteroatoms. The van der Waals surface area contributed by atoms with Gasteiger partial charge in [-0.25, -0.2) is 0 Å². The number of hydrogen-bond donors (Lipinski definition) is 2. The number of aliphatic carboxylic acids is 1.